The smallest absolute Gasteiger partial charge is 0.323 e. The first-order chi connectivity index (χ1) is 11.3. The van der Waals surface area contributed by atoms with Crippen LogP contribution in [0, 0.1) is 0 Å². The van der Waals surface area contributed by atoms with Crippen LogP contribution in [0.4, 0.5) is 0 Å². The molecule has 0 atom stereocenters. The first-order valence-corrected chi connectivity index (χ1v) is 8.02. The van der Waals surface area contributed by atoms with Gasteiger partial charge in [-0.15, -0.1) is 0 Å². The highest BCUT2D eigenvalue weighted by atomic mass is 32.2. The van der Waals surface area contributed by atoms with Crippen LogP contribution in [0.15, 0.2) is 47.5 Å². The van der Waals surface area contributed by atoms with Gasteiger partial charge in [0.05, 0.1) is 16.0 Å². The molecule has 1 aromatic heterocycles. The Morgan fingerprint density at radius 1 is 1.08 bits per heavy atom. The van der Waals surface area contributed by atoms with Gasteiger partial charge >= 0.3 is 5.97 Å². The third-order valence-corrected chi connectivity index (χ3v) is 4.11. The van der Waals surface area contributed by atoms with E-state index in [2.05, 4.69) is 4.98 Å². The first-order valence-electron chi connectivity index (χ1n) is 6.48. The minimum atomic E-state index is -4.05. The molecule has 3 rings (SSSR count). The van der Waals surface area contributed by atoms with Gasteiger partial charge in [0, 0.05) is 6.20 Å². The maximum absolute atomic E-state index is 12.1. The van der Waals surface area contributed by atoms with Gasteiger partial charge in [-0.1, -0.05) is 17.2 Å². The average molecular weight is 347 g/mol. The summed E-state index contributed by atoms with van der Waals surface area (Å²) in [6.07, 6.45) is 1.04. The molecule has 2 N–H and O–H groups in total. The van der Waals surface area contributed by atoms with Crippen molar-refractivity contribution in [2.45, 2.75) is 4.90 Å². The molecule has 2 aromatic rings. The van der Waals surface area contributed by atoms with Crippen molar-refractivity contribution < 1.29 is 27.6 Å². The molecule has 24 heavy (non-hydrogen) atoms. The minimum Gasteiger partial charge on any atom is -0.323 e. The number of nitrogens with zero attached hydrogens (tertiary/aromatic N) is 2. The van der Waals surface area contributed by atoms with Gasteiger partial charge in [0.25, 0.3) is 11.8 Å². The Morgan fingerprint density at radius 2 is 1.67 bits per heavy atom. The molecule has 0 unspecified atom stereocenters. The SMILES string of the molecule is NS(=O)(=O)c1ccnc(C(=O)ON2C(=O)c3ccccc3C2=O)c1. The number of aromatic nitrogens is 1. The fraction of sp³-hybridized carbons (Fsp3) is 0. The number of amides is 2. The van der Waals surface area contributed by atoms with Crippen LogP contribution >= 0.6 is 0 Å². The van der Waals surface area contributed by atoms with Crippen LogP contribution < -0.4 is 5.14 Å². The quantitative estimate of drug-likeness (QED) is 0.777. The summed E-state index contributed by atoms with van der Waals surface area (Å²) in [6, 6.07) is 7.94. The first kappa shape index (κ1) is 15.8. The maximum atomic E-state index is 12.1. The molecule has 1 aliphatic rings. The van der Waals surface area contributed by atoms with Gasteiger partial charge in [0.2, 0.25) is 10.0 Å². The number of nitrogens with two attached hydrogens (primary N) is 1. The molecule has 0 spiro atoms. The summed E-state index contributed by atoms with van der Waals surface area (Å²) in [5.74, 6) is -2.77. The van der Waals surface area contributed by atoms with E-state index in [1.807, 2.05) is 0 Å². The summed E-state index contributed by atoms with van der Waals surface area (Å²) in [7, 11) is -4.05. The van der Waals surface area contributed by atoms with Crippen LogP contribution in [0.1, 0.15) is 31.2 Å². The number of sulfonamides is 1. The summed E-state index contributed by atoms with van der Waals surface area (Å²) in [4.78, 5) is 44.3. The molecule has 10 heteroatoms. The number of hydrogen-bond donors (Lipinski definition) is 1. The highest BCUT2D eigenvalue weighted by Crippen LogP contribution is 2.23. The lowest BCUT2D eigenvalue weighted by molar-refractivity contribution is -0.0588. The monoisotopic (exact) mass is 347 g/mol. The molecule has 1 aromatic carbocycles. The number of rotatable bonds is 3. The normalized spacial score (nSPS) is 13.8. The van der Waals surface area contributed by atoms with Gasteiger partial charge in [-0.3, -0.25) is 9.59 Å². The zero-order chi connectivity index (χ0) is 17.5. The lowest BCUT2D eigenvalue weighted by Crippen LogP contribution is -2.33. The maximum Gasteiger partial charge on any atom is 0.382 e. The van der Waals surface area contributed by atoms with Crippen molar-refractivity contribution in [3.05, 3.63) is 59.4 Å². The van der Waals surface area contributed by atoms with E-state index in [0.717, 1.165) is 18.3 Å². The fourth-order valence-corrected chi connectivity index (χ4v) is 2.61. The molecule has 0 aliphatic carbocycles. The number of hydrogen-bond acceptors (Lipinski definition) is 7. The second-order valence-electron chi connectivity index (χ2n) is 4.75. The molecule has 0 radical (unpaired) electrons. The van der Waals surface area contributed by atoms with E-state index in [1.165, 1.54) is 12.1 Å². The molecule has 2 heterocycles. The summed E-state index contributed by atoms with van der Waals surface area (Å²) in [5.41, 5.74) is -0.221. The van der Waals surface area contributed by atoms with E-state index in [-0.39, 0.29) is 16.0 Å². The van der Waals surface area contributed by atoms with Gasteiger partial charge in [-0.05, 0) is 24.3 Å². The molecule has 0 saturated heterocycles. The molecule has 122 valence electrons. The number of fused-ring (bicyclic) bond motifs is 1. The number of imide groups is 1. The van der Waals surface area contributed by atoms with Gasteiger partial charge < -0.3 is 4.84 Å². The lowest BCUT2D eigenvalue weighted by Gasteiger charge is -2.12. The Hall–Kier alpha value is -3.11. The van der Waals surface area contributed by atoms with E-state index in [4.69, 9.17) is 9.98 Å². The van der Waals surface area contributed by atoms with Crippen LogP contribution in [0.5, 0.6) is 0 Å². The second-order valence-corrected chi connectivity index (χ2v) is 6.31. The third-order valence-electron chi connectivity index (χ3n) is 3.20. The van der Waals surface area contributed by atoms with E-state index >= 15 is 0 Å². The predicted molar refractivity (Wildman–Crippen MR) is 78.0 cm³/mol. The highest BCUT2D eigenvalue weighted by molar-refractivity contribution is 7.89. The zero-order valence-corrected chi connectivity index (χ0v) is 12.7. The number of benzene rings is 1. The summed E-state index contributed by atoms with van der Waals surface area (Å²) in [5, 5.41) is 5.27. The number of carbonyl (C=O) groups is 3. The third kappa shape index (κ3) is 2.64. The number of pyridine rings is 1. The van der Waals surface area contributed by atoms with Crippen LogP contribution in [0.25, 0.3) is 0 Å². The Bertz CT molecular complexity index is 951. The van der Waals surface area contributed by atoms with Crippen LogP contribution in [-0.2, 0) is 14.9 Å². The van der Waals surface area contributed by atoms with E-state index < -0.39 is 33.5 Å². The highest BCUT2D eigenvalue weighted by Gasteiger charge is 2.39. The molecule has 0 bridgehead atoms. The minimum absolute atomic E-state index is 0.0987. The van der Waals surface area contributed by atoms with Crippen molar-refractivity contribution in [3.63, 3.8) is 0 Å². The number of hydroxylamine groups is 2. The molecule has 9 nitrogen and oxygen atoms in total. The van der Waals surface area contributed by atoms with Crippen molar-refractivity contribution in [1.82, 2.24) is 10.0 Å². The predicted octanol–water partition coefficient (Wildman–Crippen LogP) is 0.0970. The van der Waals surface area contributed by atoms with Crippen molar-refractivity contribution in [2.24, 2.45) is 5.14 Å². The average Bonchev–Trinajstić information content (AvgIpc) is 2.80. The standard InChI is InChI=1S/C14H9N3O6S/c15-24(21,22)8-5-6-16-11(7-8)14(20)23-17-12(18)9-3-1-2-4-10(9)13(17)19/h1-7H,(H2,15,21,22). The Kier molecular flexibility index (Phi) is 3.62. The molecular weight excluding hydrogens is 338 g/mol. The molecule has 0 saturated carbocycles. The van der Waals surface area contributed by atoms with Crippen molar-refractivity contribution in [2.75, 3.05) is 0 Å². The van der Waals surface area contributed by atoms with Gasteiger partial charge in [0.1, 0.15) is 0 Å². The van der Waals surface area contributed by atoms with Crippen LogP contribution in [0.3, 0.4) is 0 Å². The van der Waals surface area contributed by atoms with Crippen molar-refractivity contribution in [1.29, 1.82) is 0 Å². The van der Waals surface area contributed by atoms with Gasteiger partial charge in [0.15, 0.2) is 5.69 Å². The summed E-state index contributed by atoms with van der Waals surface area (Å²) in [6.45, 7) is 0. The Morgan fingerprint density at radius 3 is 2.21 bits per heavy atom. The Labute approximate surface area is 135 Å². The topological polar surface area (TPSA) is 137 Å². The van der Waals surface area contributed by atoms with E-state index in [0.29, 0.717) is 5.06 Å². The van der Waals surface area contributed by atoms with Crippen molar-refractivity contribution >= 4 is 27.8 Å². The van der Waals surface area contributed by atoms with Gasteiger partial charge in [-0.2, -0.15) is 0 Å². The van der Waals surface area contributed by atoms with E-state index in [1.54, 1.807) is 12.1 Å². The van der Waals surface area contributed by atoms with Crippen LogP contribution in [-0.4, -0.2) is 36.2 Å². The molecule has 2 amide bonds. The molecular formula is C14H9N3O6S. The largest absolute Gasteiger partial charge is 0.382 e. The van der Waals surface area contributed by atoms with Gasteiger partial charge in [-0.25, -0.2) is 23.3 Å². The van der Waals surface area contributed by atoms with Crippen LogP contribution in [0.2, 0.25) is 0 Å². The molecule has 0 fully saturated rings. The lowest BCUT2D eigenvalue weighted by atomic mass is 10.1. The zero-order valence-electron chi connectivity index (χ0n) is 11.9. The Balaban J connectivity index is 1.87. The molecule has 1 aliphatic heterocycles. The van der Waals surface area contributed by atoms with Crippen molar-refractivity contribution in [3.8, 4) is 0 Å². The summed E-state index contributed by atoms with van der Waals surface area (Å²) < 4.78 is 22.6. The number of primary sulfonamides is 1. The fourth-order valence-electron chi connectivity index (χ4n) is 2.08. The van der Waals surface area contributed by atoms with E-state index in [9.17, 15) is 22.8 Å². The second kappa shape index (κ2) is 5.51. The summed E-state index contributed by atoms with van der Waals surface area (Å²) >= 11 is 0. The number of carbonyl (C=O) groups excluding carboxylic acids is 3.